The first-order chi connectivity index (χ1) is 24.3. The van der Waals surface area contributed by atoms with Crippen LogP contribution in [0.1, 0.15) is 51.0 Å². The van der Waals surface area contributed by atoms with Gasteiger partial charge in [0.25, 0.3) is 0 Å². The number of benzene rings is 2. The maximum Gasteiger partial charge on any atom is 0.319 e. The molecule has 4 atom stereocenters. The maximum atomic E-state index is 17.2. The first-order valence-electron chi connectivity index (χ1n) is 17.2. The highest BCUT2D eigenvalue weighted by atomic mass is 19.1. The van der Waals surface area contributed by atoms with Crippen LogP contribution in [0, 0.1) is 24.0 Å². The lowest BCUT2D eigenvalue weighted by molar-refractivity contribution is 0.0865. The predicted octanol–water partition coefficient (Wildman–Crippen LogP) is 5.84. The molecule has 4 fully saturated rings. The summed E-state index contributed by atoms with van der Waals surface area (Å²) >= 11 is 0. The van der Waals surface area contributed by atoms with Gasteiger partial charge in [-0.05, 0) is 81.1 Å². The van der Waals surface area contributed by atoms with Crippen LogP contribution in [0.2, 0.25) is 0 Å². The molecule has 50 heavy (non-hydrogen) atoms. The fraction of sp³-hybridized carbons (Fsp3) is 0.472. The minimum absolute atomic E-state index is 0.0210. The highest BCUT2D eigenvalue weighted by molar-refractivity contribution is 6.04. The number of azide groups is 1. The van der Waals surface area contributed by atoms with Crippen LogP contribution >= 0.6 is 0 Å². The molecule has 12 nitrogen and oxygen atoms in total. The van der Waals surface area contributed by atoms with Gasteiger partial charge in [-0.2, -0.15) is 9.97 Å². The number of halogens is 2. The molecule has 258 valence electrons. The number of hydrogen-bond donors (Lipinski definition) is 2. The summed E-state index contributed by atoms with van der Waals surface area (Å²) in [5.74, 6) is 1.35. The second kappa shape index (κ2) is 12.7. The van der Waals surface area contributed by atoms with E-state index in [9.17, 15) is 5.11 Å². The number of phenolic OH excluding ortho intramolecular Hbond substituents is 1. The number of anilines is 1. The number of piperazine rings is 1. The Hall–Kier alpha value is -4.96. The monoisotopic (exact) mass is 681 g/mol. The van der Waals surface area contributed by atoms with Crippen molar-refractivity contribution in [2.75, 3.05) is 44.3 Å². The van der Waals surface area contributed by atoms with Crippen molar-refractivity contribution in [2.45, 2.75) is 69.1 Å². The van der Waals surface area contributed by atoms with E-state index in [2.05, 4.69) is 41.0 Å². The quantitative estimate of drug-likeness (QED) is 0.0964. The number of aromatic nitrogens is 3. The van der Waals surface area contributed by atoms with Crippen LogP contribution in [-0.4, -0.2) is 88.0 Å². The van der Waals surface area contributed by atoms with Gasteiger partial charge in [-0.15, -0.1) is 6.42 Å². The number of pyridine rings is 1. The summed E-state index contributed by atoms with van der Waals surface area (Å²) in [4.78, 5) is 21.8. The first kappa shape index (κ1) is 32.3. The summed E-state index contributed by atoms with van der Waals surface area (Å²) in [6.07, 6.45) is 11.5. The summed E-state index contributed by atoms with van der Waals surface area (Å²) in [6.45, 7) is 4.89. The number of rotatable bonds is 9. The Bertz CT molecular complexity index is 2090. The van der Waals surface area contributed by atoms with Gasteiger partial charge in [0.1, 0.15) is 40.6 Å². The van der Waals surface area contributed by atoms with Crippen LogP contribution in [0.15, 0.2) is 29.4 Å². The molecule has 2 aromatic heterocycles. The molecule has 14 heteroatoms. The van der Waals surface area contributed by atoms with E-state index >= 15 is 8.78 Å². The average Bonchev–Trinajstić information content (AvgIpc) is 3.79. The van der Waals surface area contributed by atoms with Crippen molar-refractivity contribution < 1.29 is 23.4 Å². The van der Waals surface area contributed by atoms with Gasteiger partial charge in [-0.25, -0.2) is 13.8 Å². The standard InChI is InChI=1S/C36H37F2N9O3/c1-3-25-27(37)9-6-20-14-24(48)15-26(28(20)25)31-30(38)32-29(34(42-31)49-4-2)33(46-17-21-7-8-22(18-46)41-21)44-35(43-32)50-19-36-11-5-13-47(36)23(10-12-36)16-40-45-39/h1,6,9,14-15,21-23,41,48H,4-5,7-8,10-13,16-19H2,2H3/t21-,22+,23-,36-/m0/s1. The predicted molar refractivity (Wildman–Crippen MR) is 184 cm³/mol. The average molecular weight is 682 g/mol. The van der Waals surface area contributed by atoms with Crippen LogP contribution in [0.4, 0.5) is 14.6 Å². The third kappa shape index (κ3) is 5.37. The Balaban J connectivity index is 1.30. The summed E-state index contributed by atoms with van der Waals surface area (Å²) in [5, 5.41) is 19.1. The van der Waals surface area contributed by atoms with Gasteiger partial charge >= 0.3 is 6.01 Å². The molecular formula is C36H37F2N9O3. The van der Waals surface area contributed by atoms with Gasteiger partial charge in [-0.3, -0.25) is 4.90 Å². The van der Waals surface area contributed by atoms with Gasteiger partial charge in [0.15, 0.2) is 5.82 Å². The first-order valence-corrected chi connectivity index (χ1v) is 17.2. The molecule has 4 saturated heterocycles. The molecule has 0 radical (unpaired) electrons. The number of ether oxygens (including phenoxy) is 2. The lowest BCUT2D eigenvalue weighted by Crippen LogP contribution is -2.51. The van der Waals surface area contributed by atoms with Crippen LogP contribution in [0.5, 0.6) is 17.6 Å². The van der Waals surface area contributed by atoms with Crippen molar-refractivity contribution in [3.63, 3.8) is 0 Å². The van der Waals surface area contributed by atoms with Gasteiger partial charge in [0.2, 0.25) is 5.88 Å². The number of fused-ring (bicyclic) bond motifs is 5. The Labute approximate surface area is 287 Å². The van der Waals surface area contributed by atoms with E-state index in [1.807, 2.05) is 0 Å². The topological polar surface area (TPSA) is 145 Å². The van der Waals surface area contributed by atoms with E-state index < -0.39 is 11.6 Å². The molecule has 0 aliphatic carbocycles. The molecule has 2 aromatic carbocycles. The van der Waals surface area contributed by atoms with E-state index in [1.54, 1.807) is 6.92 Å². The van der Waals surface area contributed by atoms with Crippen molar-refractivity contribution in [3.8, 4) is 41.2 Å². The minimum Gasteiger partial charge on any atom is -0.508 e. The Morgan fingerprint density at radius 2 is 1.94 bits per heavy atom. The van der Waals surface area contributed by atoms with Gasteiger partial charge < -0.3 is 24.8 Å². The summed E-state index contributed by atoms with van der Waals surface area (Å²) in [5.41, 5.74) is 8.43. The van der Waals surface area contributed by atoms with Crippen molar-refractivity contribution in [1.29, 1.82) is 0 Å². The molecular weight excluding hydrogens is 644 g/mol. The van der Waals surface area contributed by atoms with Gasteiger partial charge in [-0.1, -0.05) is 17.1 Å². The number of nitrogens with zero attached hydrogens (tertiary/aromatic N) is 8. The van der Waals surface area contributed by atoms with Crippen LogP contribution < -0.4 is 19.7 Å². The Kier molecular flexibility index (Phi) is 8.22. The number of terminal acetylenes is 1. The van der Waals surface area contributed by atoms with E-state index in [1.165, 1.54) is 24.3 Å². The van der Waals surface area contributed by atoms with Crippen LogP contribution in [0.3, 0.4) is 0 Å². The minimum atomic E-state index is -0.801. The fourth-order valence-corrected chi connectivity index (χ4v) is 8.67. The number of hydrogen-bond acceptors (Lipinski definition) is 10. The Morgan fingerprint density at radius 3 is 2.70 bits per heavy atom. The van der Waals surface area contributed by atoms with E-state index in [0.29, 0.717) is 36.2 Å². The zero-order valence-electron chi connectivity index (χ0n) is 27.7. The second-order valence-electron chi connectivity index (χ2n) is 13.7. The molecule has 4 aliphatic rings. The SMILES string of the molecule is C#Cc1c(F)ccc2cc(O)cc(-c3nc(OCC)c4c(N5C[C@H]6CC[C@@H](C5)N6)nc(OC[C@@]56CCCN5[C@H](CN=[N+]=[N-])CC6)nc4c3F)c12. The zero-order valence-corrected chi connectivity index (χ0v) is 27.7. The third-order valence-electron chi connectivity index (χ3n) is 10.8. The van der Waals surface area contributed by atoms with Crippen LogP contribution in [-0.2, 0) is 0 Å². The van der Waals surface area contributed by atoms with E-state index in [4.69, 9.17) is 26.4 Å². The summed E-state index contributed by atoms with van der Waals surface area (Å²) in [6, 6.07) is 6.13. The molecule has 4 aliphatic heterocycles. The molecule has 0 saturated carbocycles. The van der Waals surface area contributed by atoms with Gasteiger partial charge in [0.05, 0.1) is 17.7 Å². The zero-order chi connectivity index (χ0) is 34.6. The Morgan fingerprint density at radius 1 is 1.12 bits per heavy atom. The summed E-state index contributed by atoms with van der Waals surface area (Å²) in [7, 11) is 0. The molecule has 2 N–H and O–H groups in total. The molecule has 6 heterocycles. The molecule has 0 spiro atoms. The molecule has 4 aromatic rings. The van der Waals surface area contributed by atoms with Crippen molar-refractivity contribution in [3.05, 3.63) is 51.9 Å². The molecule has 2 bridgehead atoms. The summed E-state index contributed by atoms with van der Waals surface area (Å²) < 4.78 is 44.8. The number of phenols is 1. The van der Waals surface area contributed by atoms with Crippen molar-refractivity contribution >= 4 is 27.5 Å². The normalized spacial score (nSPS) is 24.4. The molecule has 8 rings (SSSR count). The van der Waals surface area contributed by atoms with Crippen LogP contribution in [0.25, 0.3) is 43.4 Å². The smallest absolute Gasteiger partial charge is 0.319 e. The largest absolute Gasteiger partial charge is 0.508 e. The maximum absolute atomic E-state index is 17.2. The third-order valence-corrected chi connectivity index (χ3v) is 10.8. The second-order valence-corrected chi connectivity index (χ2v) is 13.7. The highest BCUT2D eigenvalue weighted by Gasteiger charge is 2.49. The number of nitrogens with one attached hydrogen (secondary N) is 1. The fourth-order valence-electron chi connectivity index (χ4n) is 8.67. The van der Waals surface area contributed by atoms with Crippen molar-refractivity contribution in [1.82, 2.24) is 25.2 Å². The van der Waals surface area contributed by atoms with Crippen molar-refractivity contribution in [2.24, 2.45) is 5.11 Å². The number of aromatic hydroxyl groups is 1. The highest BCUT2D eigenvalue weighted by Crippen LogP contribution is 2.45. The molecule has 0 unspecified atom stereocenters. The van der Waals surface area contributed by atoms with E-state index in [-0.39, 0.29) is 82.2 Å². The van der Waals surface area contributed by atoms with Gasteiger partial charge in [0, 0.05) is 53.6 Å². The van der Waals surface area contributed by atoms with E-state index in [0.717, 1.165) is 45.1 Å². The molecule has 0 amide bonds. The lowest BCUT2D eigenvalue weighted by Gasteiger charge is -2.35. The lowest BCUT2D eigenvalue weighted by atomic mass is 9.95.